The highest BCUT2D eigenvalue weighted by atomic mass is 16.7. The molecule has 41 heavy (non-hydrogen) atoms. The van der Waals surface area contributed by atoms with Gasteiger partial charge in [0, 0.05) is 49.0 Å². The van der Waals surface area contributed by atoms with E-state index in [-0.39, 0.29) is 18.6 Å². The lowest BCUT2D eigenvalue weighted by molar-refractivity contribution is 0.0950. The van der Waals surface area contributed by atoms with Crippen LogP contribution in [0, 0.1) is 5.92 Å². The second kappa shape index (κ2) is 12.1. The number of hydrogen-bond donors (Lipinski definition) is 2. The minimum Gasteiger partial charge on any atom is -0.454 e. The molecule has 0 spiro atoms. The summed E-state index contributed by atoms with van der Waals surface area (Å²) in [5.74, 6) is 1.27. The van der Waals surface area contributed by atoms with E-state index >= 15 is 0 Å². The van der Waals surface area contributed by atoms with Gasteiger partial charge >= 0.3 is 0 Å². The van der Waals surface area contributed by atoms with E-state index in [2.05, 4.69) is 44.8 Å². The molecule has 4 aromatic rings. The van der Waals surface area contributed by atoms with E-state index in [1.807, 2.05) is 30.3 Å². The average Bonchev–Trinajstić information content (AvgIpc) is 3.50. The summed E-state index contributed by atoms with van der Waals surface area (Å²) < 4.78 is 10.8. The number of piperidine rings is 1. The Balaban J connectivity index is 1.19. The van der Waals surface area contributed by atoms with Gasteiger partial charge < -0.3 is 25.0 Å². The Hall–Kier alpha value is -4.85. The maximum atomic E-state index is 13.5. The minimum absolute atomic E-state index is 0.142. The number of pyridine rings is 1. The molecule has 8 nitrogen and oxygen atoms in total. The number of fused-ring (bicyclic) bond motifs is 1. The predicted octanol–water partition coefficient (Wildman–Crippen LogP) is 5.45. The molecule has 1 fully saturated rings. The van der Waals surface area contributed by atoms with E-state index in [4.69, 9.17) is 9.47 Å². The molecule has 1 aromatic heterocycles. The highest BCUT2D eigenvalue weighted by molar-refractivity contribution is 6.06. The highest BCUT2D eigenvalue weighted by Crippen LogP contribution is 2.33. The van der Waals surface area contributed by atoms with Crippen molar-refractivity contribution in [1.82, 2.24) is 10.3 Å². The molecule has 0 aliphatic carbocycles. The van der Waals surface area contributed by atoms with Crippen LogP contribution in [0.3, 0.4) is 0 Å². The van der Waals surface area contributed by atoms with Gasteiger partial charge in [-0.25, -0.2) is 0 Å². The second-order valence-corrected chi connectivity index (χ2v) is 10.4. The van der Waals surface area contributed by atoms with Gasteiger partial charge in [0.15, 0.2) is 11.5 Å². The van der Waals surface area contributed by atoms with Crippen molar-refractivity contribution in [1.29, 1.82) is 0 Å². The summed E-state index contributed by atoms with van der Waals surface area (Å²) in [7, 11) is 0. The van der Waals surface area contributed by atoms with E-state index < -0.39 is 0 Å². The number of carbonyl (C=O) groups is 2. The van der Waals surface area contributed by atoms with Crippen LogP contribution in [0.2, 0.25) is 0 Å². The topological polar surface area (TPSA) is 92.8 Å². The number of nitrogens with one attached hydrogen (secondary N) is 2. The number of carbonyl (C=O) groups excluding carboxylic acids is 2. The van der Waals surface area contributed by atoms with Crippen LogP contribution in [0.4, 0.5) is 11.4 Å². The van der Waals surface area contributed by atoms with Crippen molar-refractivity contribution in [2.45, 2.75) is 25.8 Å². The Labute approximate surface area is 239 Å². The molecule has 6 rings (SSSR count). The molecule has 0 atom stereocenters. The van der Waals surface area contributed by atoms with Gasteiger partial charge in [-0.05, 0) is 78.8 Å². The summed E-state index contributed by atoms with van der Waals surface area (Å²) in [4.78, 5) is 33.0. The molecule has 0 radical (unpaired) electrons. The van der Waals surface area contributed by atoms with Crippen LogP contribution >= 0.6 is 0 Å². The van der Waals surface area contributed by atoms with E-state index in [0.29, 0.717) is 40.8 Å². The number of benzene rings is 3. The number of nitrogens with zero attached hydrogens (tertiary/aromatic N) is 2. The summed E-state index contributed by atoms with van der Waals surface area (Å²) >= 11 is 0. The molecule has 2 N–H and O–H groups in total. The summed E-state index contributed by atoms with van der Waals surface area (Å²) in [6, 6.07) is 25.0. The third-order valence-corrected chi connectivity index (χ3v) is 7.63. The van der Waals surface area contributed by atoms with Crippen LogP contribution in [-0.4, -0.2) is 36.7 Å². The first kappa shape index (κ1) is 26.4. The van der Waals surface area contributed by atoms with E-state index in [1.165, 1.54) is 5.56 Å². The van der Waals surface area contributed by atoms with Gasteiger partial charge in [0.25, 0.3) is 11.8 Å². The van der Waals surface area contributed by atoms with Crippen molar-refractivity contribution in [3.63, 3.8) is 0 Å². The number of amides is 2. The van der Waals surface area contributed by atoms with E-state index in [9.17, 15) is 9.59 Å². The summed E-state index contributed by atoms with van der Waals surface area (Å²) in [5, 5.41) is 5.97. The molecule has 2 aliphatic rings. The highest BCUT2D eigenvalue weighted by Gasteiger charge is 2.24. The van der Waals surface area contributed by atoms with Gasteiger partial charge in [-0.3, -0.25) is 14.6 Å². The fraction of sp³-hybridized carbons (Fsp3) is 0.242. The van der Waals surface area contributed by atoms with Crippen LogP contribution < -0.4 is 25.0 Å². The number of anilines is 2. The molecular weight excluding hydrogens is 516 g/mol. The predicted molar refractivity (Wildman–Crippen MR) is 157 cm³/mol. The average molecular weight is 549 g/mol. The number of hydrogen-bond acceptors (Lipinski definition) is 6. The SMILES string of the molecule is O=C(Nc1ccc(N2CCC(Cc3ccccc3)CC2)c(C(=O)NCc2cccnc2)c1)c1ccc2c(c1)OCO2. The molecule has 3 heterocycles. The summed E-state index contributed by atoms with van der Waals surface area (Å²) in [6.07, 6.45) is 6.61. The smallest absolute Gasteiger partial charge is 0.255 e. The Morgan fingerprint density at radius 1 is 0.854 bits per heavy atom. The van der Waals surface area contributed by atoms with Crippen molar-refractivity contribution >= 4 is 23.2 Å². The zero-order valence-corrected chi connectivity index (χ0v) is 22.7. The van der Waals surface area contributed by atoms with Crippen LogP contribution in [0.5, 0.6) is 11.5 Å². The third-order valence-electron chi connectivity index (χ3n) is 7.63. The normalized spacial score (nSPS) is 14.5. The first-order chi connectivity index (χ1) is 20.1. The van der Waals surface area contributed by atoms with Gasteiger partial charge in [-0.1, -0.05) is 36.4 Å². The monoisotopic (exact) mass is 548 g/mol. The van der Waals surface area contributed by atoms with Crippen LogP contribution in [0.1, 0.15) is 44.7 Å². The van der Waals surface area contributed by atoms with E-state index in [0.717, 1.165) is 43.6 Å². The molecule has 3 aromatic carbocycles. The molecule has 0 unspecified atom stereocenters. The molecule has 0 bridgehead atoms. The van der Waals surface area contributed by atoms with Crippen molar-refractivity contribution in [3.8, 4) is 11.5 Å². The van der Waals surface area contributed by atoms with Gasteiger partial charge in [0.05, 0.1) is 5.56 Å². The molecule has 1 saturated heterocycles. The van der Waals surface area contributed by atoms with Crippen molar-refractivity contribution < 1.29 is 19.1 Å². The fourth-order valence-corrected chi connectivity index (χ4v) is 5.42. The Morgan fingerprint density at radius 3 is 2.46 bits per heavy atom. The van der Waals surface area contributed by atoms with Crippen LogP contribution in [-0.2, 0) is 13.0 Å². The maximum Gasteiger partial charge on any atom is 0.255 e. The Morgan fingerprint density at radius 2 is 1.66 bits per heavy atom. The lowest BCUT2D eigenvalue weighted by atomic mass is 9.89. The first-order valence-electron chi connectivity index (χ1n) is 13.9. The molecule has 0 saturated carbocycles. The van der Waals surface area contributed by atoms with Gasteiger partial charge in [-0.2, -0.15) is 0 Å². The van der Waals surface area contributed by atoms with Crippen molar-refractivity contribution in [3.05, 3.63) is 114 Å². The third kappa shape index (κ3) is 6.32. The van der Waals surface area contributed by atoms with Gasteiger partial charge in [0.2, 0.25) is 6.79 Å². The lowest BCUT2D eigenvalue weighted by Crippen LogP contribution is -2.36. The standard InChI is InChI=1S/C33H32N4O4/c38-32(26-8-11-30-31(18-26)41-22-40-30)36-27-9-10-29(28(19-27)33(39)35-21-25-7-4-14-34-20-25)37-15-12-24(13-16-37)17-23-5-2-1-3-6-23/h1-11,14,18-20,24H,12-13,15-17,21-22H2,(H,35,39)(H,36,38). The zero-order chi connectivity index (χ0) is 28.0. The number of aromatic nitrogens is 1. The molecular formula is C33H32N4O4. The van der Waals surface area contributed by atoms with Gasteiger partial charge in [0.1, 0.15) is 0 Å². The summed E-state index contributed by atoms with van der Waals surface area (Å²) in [6.45, 7) is 2.23. The molecule has 2 amide bonds. The Bertz CT molecular complexity index is 1520. The van der Waals surface area contributed by atoms with Crippen LogP contribution in [0.25, 0.3) is 0 Å². The van der Waals surface area contributed by atoms with Crippen molar-refractivity contribution in [2.24, 2.45) is 5.92 Å². The van der Waals surface area contributed by atoms with Crippen molar-refractivity contribution in [2.75, 3.05) is 30.1 Å². The second-order valence-electron chi connectivity index (χ2n) is 10.4. The molecule has 208 valence electrons. The van der Waals surface area contributed by atoms with E-state index in [1.54, 1.807) is 36.7 Å². The fourth-order valence-electron chi connectivity index (χ4n) is 5.42. The zero-order valence-electron chi connectivity index (χ0n) is 22.7. The summed E-state index contributed by atoms with van der Waals surface area (Å²) in [5.41, 5.74) is 4.66. The number of ether oxygens (including phenoxy) is 2. The number of rotatable bonds is 8. The molecule has 2 aliphatic heterocycles. The maximum absolute atomic E-state index is 13.5. The minimum atomic E-state index is -0.292. The van der Waals surface area contributed by atoms with Gasteiger partial charge in [-0.15, -0.1) is 0 Å². The molecule has 8 heteroatoms. The van der Waals surface area contributed by atoms with Crippen LogP contribution in [0.15, 0.2) is 91.3 Å². The lowest BCUT2D eigenvalue weighted by Gasteiger charge is -2.35. The Kier molecular flexibility index (Phi) is 7.80. The largest absolute Gasteiger partial charge is 0.454 e. The first-order valence-corrected chi connectivity index (χ1v) is 13.9. The quantitative estimate of drug-likeness (QED) is 0.304.